The predicted octanol–water partition coefficient (Wildman–Crippen LogP) is 7.14. The van der Waals surface area contributed by atoms with Crippen LogP contribution in [0.4, 0.5) is 0 Å². The number of ether oxygens (including phenoxy) is 2. The monoisotopic (exact) mass is 480 g/mol. The van der Waals surface area contributed by atoms with E-state index in [2.05, 4.69) is 99.0 Å². The maximum atomic E-state index is 6.34. The van der Waals surface area contributed by atoms with Gasteiger partial charge in [-0.05, 0) is 67.9 Å². The zero-order chi connectivity index (χ0) is 25.3. The number of benzene rings is 2. The van der Waals surface area contributed by atoms with Gasteiger partial charge in [0.05, 0.1) is 0 Å². The van der Waals surface area contributed by atoms with Gasteiger partial charge < -0.3 is 19.3 Å². The van der Waals surface area contributed by atoms with E-state index in [1.54, 1.807) is 0 Å². The first-order chi connectivity index (χ1) is 17.2. The van der Waals surface area contributed by atoms with Crippen LogP contribution in [0, 0.1) is 0 Å². The summed E-state index contributed by atoms with van der Waals surface area (Å²) in [6.45, 7) is 18.3. The van der Waals surface area contributed by atoms with E-state index >= 15 is 0 Å². The van der Waals surface area contributed by atoms with Crippen molar-refractivity contribution in [2.24, 2.45) is 0 Å². The van der Waals surface area contributed by atoms with Crippen LogP contribution >= 0.6 is 0 Å². The molecule has 0 spiro atoms. The van der Waals surface area contributed by atoms with Crippen molar-refractivity contribution in [3.05, 3.63) is 65.7 Å². The summed E-state index contributed by atoms with van der Waals surface area (Å²) in [5.41, 5.74) is 3.69. The Bertz CT molecular complexity index is 842. The van der Waals surface area contributed by atoms with E-state index in [1.807, 2.05) is 0 Å². The second-order valence-corrected chi connectivity index (χ2v) is 8.89. The van der Waals surface area contributed by atoms with Gasteiger partial charge in [-0.2, -0.15) is 0 Å². The van der Waals surface area contributed by atoms with Gasteiger partial charge in [0.2, 0.25) is 0 Å². The van der Waals surface area contributed by atoms with Gasteiger partial charge in [-0.1, -0.05) is 89.9 Å². The molecule has 0 amide bonds. The summed E-state index contributed by atoms with van der Waals surface area (Å²) in [6.07, 6.45) is 7.18. The fourth-order valence-corrected chi connectivity index (χ4v) is 4.22. The molecule has 0 aliphatic rings. The van der Waals surface area contributed by atoms with Gasteiger partial charge in [0.25, 0.3) is 0 Å². The summed E-state index contributed by atoms with van der Waals surface area (Å²) in [5.74, 6) is 1.67. The van der Waals surface area contributed by atoms with E-state index in [-0.39, 0.29) is 0 Å². The van der Waals surface area contributed by atoms with E-state index in [9.17, 15) is 0 Å². The molecule has 194 valence electrons. The van der Waals surface area contributed by atoms with Crippen molar-refractivity contribution in [1.29, 1.82) is 0 Å². The molecular weight excluding hydrogens is 432 g/mol. The fraction of sp³-hybridized carbons (Fsp3) is 0.548. The molecule has 0 saturated carbocycles. The Morgan fingerprint density at radius 3 is 1.86 bits per heavy atom. The Labute approximate surface area is 214 Å². The molecule has 0 atom stereocenters. The zero-order valence-corrected chi connectivity index (χ0v) is 22.9. The van der Waals surface area contributed by atoms with E-state index in [0.29, 0.717) is 13.2 Å². The van der Waals surface area contributed by atoms with Gasteiger partial charge in [0.15, 0.2) is 11.5 Å². The lowest BCUT2D eigenvalue weighted by atomic mass is 9.96. The highest BCUT2D eigenvalue weighted by Gasteiger charge is 2.12. The molecule has 4 nitrogen and oxygen atoms in total. The van der Waals surface area contributed by atoms with Gasteiger partial charge in [-0.15, -0.1) is 0 Å². The van der Waals surface area contributed by atoms with Gasteiger partial charge in [0.1, 0.15) is 13.2 Å². The quantitative estimate of drug-likeness (QED) is 0.212. The van der Waals surface area contributed by atoms with Crippen LogP contribution in [-0.4, -0.2) is 62.3 Å². The molecule has 0 saturated heterocycles. The van der Waals surface area contributed by atoms with Gasteiger partial charge in [-0.3, -0.25) is 0 Å². The molecule has 0 bridgehead atoms. The second-order valence-electron chi connectivity index (χ2n) is 8.89. The van der Waals surface area contributed by atoms with Gasteiger partial charge >= 0.3 is 0 Å². The van der Waals surface area contributed by atoms with Crippen LogP contribution in [0.3, 0.4) is 0 Å². The lowest BCUT2D eigenvalue weighted by Gasteiger charge is -2.21. The summed E-state index contributed by atoms with van der Waals surface area (Å²) in [6, 6.07) is 17.1. The third-order valence-electron chi connectivity index (χ3n) is 6.61. The summed E-state index contributed by atoms with van der Waals surface area (Å²) < 4.78 is 12.6. The third-order valence-corrected chi connectivity index (χ3v) is 6.61. The van der Waals surface area contributed by atoms with E-state index < -0.39 is 0 Å². The van der Waals surface area contributed by atoms with Crippen molar-refractivity contribution < 1.29 is 9.47 Å². The molecule has 2 aromatic rings. The average Bonchev–Trinajstić information content (AvgIpc) is 2.90. The number of rotatable bonds is 18. The fourth-order valence-electron chi connectivity index (χ4n) is 4.22. The number of nitrogens with zero attached hydrogens (tertiary/aromatic N) is 2. The molecule has 0 aliphatic heterocycles. The van der Waals surface area contributed by atoms with E-state index in [4.69, 9.17) is 9.47 Å². The van der Waals surface area contributed by atoms with Crippen LogP contribution in [0.5, 0.6) is 11.5 Å². The van der Waals surface area contributed by atoms with Crippen LogP contribution in [-0.2, 0) is 0 Å². The molecule has 2 aromatic carbocycles. The van der Waals surface area contributed by atoms with Crippen molar-refractivity contribution in [2.75, 3.05) is 52.5 Å². The number of likely N-dealkylation sites (N-methyl/N-ethyl adjacent to an activating group) is 2. The minimum absolute atomic E-state index is 0.651. The molecule has 0 unspecified atom stereocenters. The number of hydrogen-bond donors (Lipinski definition) is 0. The Morgan fingerprint density at radius 2 is 1.29 bits per heavy atom. The first-order valence-electron chi connectivity index (χ1n) is 13.8. The lowest BCUT2D eigenvalue weighted by Crippen LogP contribution is -2.28. The molecule has 0 aromatic heterocycles. The molecule has 0 radical (unpaired) electrons. The van der Waals surface area contributed by atoms with E-state index in [1.165, 1.54) is 36.0 Å². The summed E-state index contributed by atoms with van der Waals surface area (Å²) in [4.78, 5) is 4.76. The second kappa shape index (κ2) is 17.2. The zero-order valence-electron chi connectivity index (χ0n) is 22.9. The average molecular weight is 481 g/mol. The number of unbranched alkanes of at least 4 members (excludes halogenated alkanes) is 3. The largest absolute Gasteiger partial charge is 0.488 e. The van der Waals surface area contributed by atoms with Crippen LogP contribution in [0.15, 0.2) is 54.6 Å². The van der Waals surface area contributed by atoms with Gasteiger partial charge in [-0.25, -0.2) is 0 Å². The summed E-state index contributed by atoms with van der Waals surface area (Å²) in [7, 11) is 0. The normalized spacial score (nSPS) is 11.9. The molecule has 35 heavy (non-hydrogen) atoms. The molecule has 0 aliphatic carbocycles. The van der Waals surface area contributed by atoms with Crippen molar-refractivity contribution >= 4 is 5.57 Å². The first-order valence-corrected chi connectivity index (χ1v) is 13.8. The van der Waals surface area contributed by atoms with Crippen LogP contribution < -0.4 is 9.47 Å². The summed E-state index contributed by atoms with van der Waals surface area (Å²) >= 11 is 0. The molecular formula is C31H48N2O2. The lowest BCUT2D eigenvalue weighted by molar-refractivity contribution is 0.199. The minimum Gasteiger partial charge on any atom is -0.488 e. The molecule has 0 fully saturated rings. The maximum Gasteiger partial charge on any atom is 0.161 e. The molecule has 4 heteroatoms. The third kappa shape index (κ3) is 10.1. The molecule has 0 N–H and O–H groups in total. The predicted molar refractivity (Wildman–Crippen MR) is 151 cm³/mol. The minimum atomic E-state index is 0.651. The van der Waals surface area contributed by atoms with Crippen LogP contribution in [0.2, 0.25) is 0 Å². The molecule has 2 rings (SSSR count). The highest BCUT2D eigenvalue weighted by atomic mass is 16.5. The molecule has 0 heterocycles. The van der Waals surface area contributed by atoms with Crippen molar-refractivity contribution in [1.82, 2.24) is 9.80 Å². The van der Waals surface area contributed by atoms with Crippen LogP contribution in [0.1, 0.15) is 71.4 Å². The van der Waals surface area contributed by atoms with Gasteiger partial charge in [0, 0.05) is 13.1 Å². The first kappa shape index (κ1) is 28.9. The van der Waals surface area contributed by atoms with Crippen molar-refractivity contribution in [2.45, 2.75) is 60.3 Å². The number of allylic oxidation sites excluding steroid dienone is 1. The highest BCUT2D eigenvalue weighted by Crippen LogP contribution is 2.34. The number of hydrogen-bond acceptors (Lipinski definition) is 4. The Morgan fingerprint density at radius 1 is 0.686 bits per heavy atom. The standard InChI is InChI=1S/C31H48N2O2/c1-6-11-12-16-19-29(27-17-14-13-15-18-27)28-20-21-30(34-24-22-32(7-2)8-3)31(26-28)35-25-23-33(9-4)10-5/h13-15,17-21,26H,6-12,16,22-25H2,1-5H3/b29-19+. The van der Waals surface area contributed by atoms with Crippen LogP contribution in [0.25, 0.3) is 5.57 Å². The smallest absolute Gasteiger partial charge is 0.161 e. The highest BCUT2D eigenvalue weighted by molar-refractivity contribution is 5.80. The Balaban J connectivity index is 2.29. The topological polar surface area (TPSA) is 24.9 Å². The summed E-state index contributed by atoms with van der Waals surface area (Å²) in [5, 5.41) is 0. The van der Waals surface area contributed by atoms with E-state index in [0.717, 1.165) is 57.2 Å². The SMILES string of the molecule is CCCCC/C=C(\c1ccccc1)c1ccc(OCCN(CC)CC)c(OCCN(CC)CC)c1. The Hall–Kier alpha value is -2.30. The Kier molecular flexibility index (Phi) is 14.2. The maximum absolute atomic E-state index is 6.34. The van der Waals surface area contributed by atoms with Crippen molar-refractivity contribution in [3.8, 4) is 11.5 Å². The van der Waals surface area contributed by atoms with Crippen molar-refractivity contribution in [3.63, 3.8) is 0 Å².